The SMILES string of the molecule is CCC(C)CC(CNC(=O)C(N)CC(C)C)CC(=O)O. The predicted molar refractivity (Wildman–Crippen MR) is 80.3 cm³/mol. The highest BCUT2D eigenvalue weighted by atomic mass is 16.4. The van der Waals surface area contributed by atoms with E-state index in [4.69, 9.17) is 10.8 Å². The average molecular weight is 286 g/mol. The average Bonchev–Trinajstić information content (AvgIpc) is 2.33. The van der Waals surface area contributed by atoms with E-state index < -0.39 is 12.0 Å². The number of nitrogens with one attached hydrogen (secondary N) is 1. The summed E-state index contributed by atoms with van der Waals surface area (Å²) in [7, 11) is 0. The third kappa shape index (κ3) is 8.91. The van der Waals surface area contributed by atoms with Gasteiger partial charge in [-0.15, -0.1) is 0 Å². The molecule has 3 atom stereocenters. The Morgan fingerprint density at radius 2 is 1.80 bits per heavy atom. The van der Waals surface area contributed by atoms with Gasteiger partial charge < -0.3 is 16.2 Å². The third-order valence-corrected chi connectivity index (χ3v) is 3.52. The van der Waals surface area contributed by atoms with Gasteiger partial charge in [-0.2, -0.15) is 0 Å². The van der Waals surface area contributed by atoms with Crippen LogP contribution < -0.4 is 11.1 Å². The molecule has 0 bridgehead atoms. The summed E-state index contributed by atoms with van der Waals surface area (Å²) in [4.78, 5) is 22.7. The van der Waals surface area contributed by atoms with Gasteiger partial charge in [0.2, 0.25) is 5.91 Å². The minimum atomic E-state index is -0.820. The van der Waals surface area contributed by atoms with Crippen LogP contribution in [0.25, 0.3) is 0 Å². The summed E-state index contributed by atoms with van der Waals surface area (Å²) in [5.41, 5.74) is 5.80. The summed E-state index contributed by atoms with van der Waals surface area (Å²) < 4.78 is 0. The normalized spacial score (nSPS) is 15.7. The first-order valence-corrected chi connectivity index (χ1v) is 7.51. The lowest BCUT2D eigenvalue weighted by molar-refractivity contribution is -0.138. The molecule has 4 N–H and O–H groups in total. The van der Waals surface area contributed by atoms with Crippen LogP contribution in [-0.4, -0.2) is 29.6 Å². The summed E-state index contributed by atoms with van der Waals surface area (Å²) in [5, 5.41) is 11.7. The van der Waals surface area contributed by atoms with E-state index in [0.29, 0.717) is 24.8 Å². The first-order valence-electron chi connectivity index (χ1n) is 7.51. The molecule has 0 aromatic rings. The second kappa shape index (κ2) is 9.75. The summed E-state index contributed by atoms with van der Waals surface area (Å²) >= 11 is 0. The molecule has 5 heteroatoms. The number of amides is 1. The van der Waals surface area contributed by atoms with Crippen LogP contribution in [0.15, 0.2) is 0 Å². The molecule has 0 heterocycles. The van der Waals surface area contributed by atoms with E-state index in [1.54, 1.807) is 0 Å². The van der Waals surface area contributed by atoms with E-state index >= 15 is 0 Å². The Hall–Kier alpha value is -1.10. The van der Waals surface area contributed by atoms with Crippen molar-refractivity contribution in [3.8, 4) is 0 Å². The van der Waals surface area contributed by atoms with Crippen LogP contribution in [0.1, 0.15) is 53.4 Å². The molecule has 118 valence electrons. The fraction of sp³-hybridized carbons (Fsp3) is 0.867. The van der Waals surface area contributed by atoms with Crippen molar-refractivity contribution in [2.75, 3.05) is 6.54 Å². The molecule has 0 radical (unpaired) electrons. The molecule has 20 heavy (non-hydrogen) atoms. The van der Waals surface area contributed by atoms with Crippen LogP contribution in [0.3, 0.4) is 0 Å². The lowest BCUT2D eigenvalue weighted by atomic mass is 9.91. The van der Waals surface area contributed by atoms with E-state index in [0.717, 1.165) is 12.8 Å². The number of aliphatic carboxylic acids is 1. The van der Waals surface area contributed by atoms with Crippen LogP contribution in [0, 0.1) is 17.8 Å². The van der Waals surface area contributed by atoms with E-state index in [9.17, 15) is 9.59 Å². The molecule has 3 unspecified atom stereocenters. The minimum absolute atomic E-state index is 0.0300. The highest BCUT2D eigenvalue weighted by molar-refractivity contribution is 5.81. The van der Waals surface area contributed by atoms with Gasteiger partial charge in [-0.3, -0.25) is 9.59 Å². The Kier molecular flexibility index (Phi) is 9.21. The fourth-order valence-electron chi connectivity index (χ4n) is 2.21. The Morgan fingerprint density at radius 3 is 2.25 bits per heavy atom. The van der Waals surface area contributed by atoms with E-state index in [2.05, 4.69) is 19.2 Å². The molecule has 0 saturated heterocycles. The van der Waals surface area contributed by atoms with E-state index in [-0.39, 0.29) is 18.2 Å². The standard InChI is InChI=1S/C15H30N2O3/c1-5-11(4)7-12(8-14(18)19)9-17-15(20)13(16)6-10(2)3/h10-13H,5-9,16H2,1-4H3,(H,17,20)(H,18,19). The van der Waals surface area contributed by atoms with Crippen molar-refractivity contribution in [2.45, 2.75) is 59.4 Å². The Labute approximate surface area is 122 Å². The zero-order valence-corrected chi connectivity index (χ0v) is 13.2. The maximum Gasteiger partial charge on any atom is 0.303 e. The zero-order chi connectivity index (χ0) is 15.7. The number of rotatable bonds is 10. The van der Waals surface area contributed by atoms with Gasteiger partial charge in [0.15, 0.2) is 0 Å². The van der Waals surface area contributed by atoms with Crippen LogP contribution in [0.5, 0.6) is 0 Å². The highest BCUT2D eigenvalue weighted by Crippen LogP contribution is 2.17. The number of carbonyl (C=O) groups excluding carboxylic acids is 1. The summed E-state index contributed by atoms with van der Waals surface area (Å²) in [6.07, 6.45) is 2.55. The Balaban J connectivity index is 4.29. The predicted octanol–water partition coefficient (Wildman–Crippen LogP) is 2.00. The summed E-state index contributed by atoms with van der Waals surface area (Å²) in [5.74, 6) is -0.207. The number of hydrogen-bond donors (Lipinski definition) is 3. The van der Waals surface area contributed by atoms with Crippen molar-refractivity contribution in [3.63, 3.8) is 0 Å². The molecule has 0 aliphatic heterocycles. The number of carboxylic acid groups (broad SMARTS) is 1. The zero-order valence-electron chi connectivity index (χ0n) is 13.2. The van der Waals surface area contributed by atoms with E-state index in [1.807, 2.05) is 13.8 Å². The van der Waals surface area contributed by atoms with Crippen molar-refractivity contribution < 1.29 is 14.7 Å². The molecule has 0 rings (SSSR count). The molecule has 5 nitrogen and oxygen atoms in total. The largest absolute Gasteiger partial charge is 0.481 e. The number of carbonyl (C=O) groups is 2. The fourth-order valence-corrected chi connectivity index (χ4v) is 2.21. The molecule has 0 aromatic carbocycles. The van der Waals surface area contributed by atoms with Gasteiger partial charge in [0.25, 0.3) is 0 Å². The molecular weight excluding hydrogens is 256 g/mol. The first-order chi connectivity index (χ1) is 9.26. The number of hydrogen-bond acceptors (Lipinski definition) is 3. The van der Waals surface area contributed by atoms with Crippen LogP contribution >= 0.6 is 0 Å². The topological polar surface area (TPSA) is 92.4 Å². The molecule has 0 fully saturated rings. The maximum absolute atomic E-state index is 11.8. The summed E-state index contributed by atoms with van der Waals surface area (Å²) in [6.45, 7) is 8.61. The van der Waals surface area contributed by atoms with Gasteiger partial charge >= 0.3 is 5.97 Å². The van der Waals surface area contributed by atoms with Gasteiger partial charge in [0.05, 0.1) is 6.04 Å². The third-order valence-electron chi connectivity index (χ3n) is 3.52. The number of nitrogens with two attached hydrogens (primary N) is 1. The highest BCUT2D eigenvalue weighted by Gasteiger charge is 2.19. The Morgan fingerprint density at radius 1 is 1.20 bits per heavy atom. The molecule has 0 saturated carbocycles. The Bertz CT molecular complexity index is 305. The minimum Gasteiger partial charge on any atom is -0.481 e. The van der Waals surface area contributed by atoms with Crippen molar-refractivity contribution >= 4 is 11.9 Å². The van der Waals surface area contributed by atoms with Crippen LogP contribution in [0.4, 0.5) is 0 Å². The van der Waals surface area contributed by atoms with Gasteiger partial charge in [-0.05, 0) is 30.6 Å². The van der Waals surface area contributed by atoms with Crippen molar-refractivity contribution in [1.29, 1.82) is 0 Å². The molecule has 1 amide bonds. The van der Waals surface area contributed by atoms with E-state index in [1.165, 1.54) is 0 Å². The monoisotopic (exact) mass is 286 g/mol. The maximum atomic E-state index is 11.8. The number of carboxylic acids is 1. The van der Waals surface area contributed by atoms with Gasteiger partial charge in [0.1, 0.15) is 0 Å². The molecule has 0 spiro atoms. The lowest BCUT2D eigenvalue weighted by Crippen LogP contribution is -2.43. The van der Waals surface area contributed by atoms with Crippen LogP contribution in [-0.2, 0) is 9.59 Å². The van der Waals surface area contributed by atoms with Gasteiger partial charge in [-0.25, -0.2) is 0 Å². The van der Waals surface area contributed by atoms with Crippen molar-refractivity contribution in [1.82, 2.24) is 5.32 Å². The van der Waals surface area contributed by atoms with Gasteiger partial charge in [0, 0.05) is 13.0 Å². The van der Waals surface area contributed by atoms with Crippen LogP contribution in [0.2, 0.25) is 0 Å². The molecular formula is C15H30N2O3. The smallest absolute Gasteiger partial charge is 0.303 e. The second-order valence-corrected chi connectivity index (χ2v) is 6.19. The first kappa shape index (κ1) is 18.9. The van der Waals surface area contributed by atoms with Gasteiger partial charge in [-0.1, -0.05) is 34.1 Å². The molecule has 0 aliphatic rings. The molecule has 0 aromatic heterocycles. The van der Waals surface area contributed by atoms with Crippen molar-refractivity contribution in [2.24, 2.45) is 23.5 Å². The molecule has 0 aliphatic carbocycles. The summed E-state index contributed by atoms with van der Waals surface area (Å²) in [6, 6.07) is -0.510. The quantitative estimate of drug-likeness (QED) is 0.572. The lowest BCUT2D eigenvalue weighted by Gasteiger charge is -2.21. The second-order valence-electron chi connectivity index (χ2n) is 6.19. The van der Waals surface area contributed by atoms with Crippen molar-refractivity contribution in [3.05, 3.63) is 0 Å².